The molecule has 154 valence electrons. The maximum Gasteiger partial charge on any atom is 0.298 e. The van der Waals surface area contributed by atoms with Crippen LogP contribution in [0.5, 0.6) is 11.5 Å². The zero-order chi connectivity index (χ0) is 20.6. The fourth-order valence-electron chi connectivity index (χ4n) is 2.24. The Morgan fingerprint density at radius 2 is 1.25 bits per heavy atom. The van der Waals surface area contributed by atoms with Crippen LogP contribution in [0.2, 0.25) is 0 Å². The highest BCUT2D eigenvalue weighted by Gasteiger charge is 2.33. The van der Waals surface area contributed by atoms with Gasteiger partial charge < -0.3 is 22.8 Å². The number of benzene rings is 2. The van der Waals surface area contributed by atoms with Gasteiger partial charge in [-0.25, -0.2) is 0 Å². The molecule has 0 aromatic heterocycles. The third-order valence-corrected chi connectivity index (χ3v) is 4.47. The predicted octanol–water partition coefficient (Wildman–Crippen LogP) is 3.91. The summed E-state index contributed by atoms with van der Waals surface area (Å²) < 4.78 is 44.9. The Bertz CT molecular complexity index is 715. The average Bonchev–Trinajstić information content (AvgIpc) is 2.71. The molecule has 0 aliphatic carbocycles. The molecular weight excluding hydrogens is 509 g/mol. The molecule has 5 nitrogen and oxygen atoms in total. The van der Waals surface area contributed by atoms with Crippen LogP contribution >= 0.6 is 34.6 Å². The van der Waals surface area contributed by atoms with Gasteiger partial charge in [0, 0.05) is 11.1 Å². The van der Waals surface area contributed by atoms with Crippen LogP contribution in [0.25, 0.3) is 0 Å². The van der Waals surface area contributed by atoms with E-state index in [0.717, 1.165) is 0 Å². The smallest absolute Gasteiger partial charge is 0.298 e. The van der Waals surface area contributed by atoms with E-state index in [1.807, 2.05) is 0 Å². The maximum atomic E-state index is 14.7. The van der Waals surface area contributed by atoms with Gasteiger partial charge in [-0.3, -0.25) is 0 Å². The molecule has 0 unspecified atom stereocenters. The van der Waals surface area contributed by atoms with E-state index in [0.29, 0.717) is 11.5 Å². The minimum absolute atomic E-state index is 0.00137. The third-order valence-electron chi connectivity index (χ3n) is 3.75. The summed E-state index contributed by atoms with van der Waals surface area (Å²) in [4.78, 5) is 0. The van der Waals surface area contributed by atoms with E-state index < -0.39 is 18.1 Å². The molecule has 0 aliphatic rings. The van der Waals surface area contributed by atoms with Crippen molar-refractivity contribution in [3.05, 3.63) is 59.7 Å². The van der Waals surface area contributed by atoms with Gasteiger partial charge in [-0.1, -0.05) is 0 Å². The predicted molar refractivity (Wildman–Crippen MR) is 110 cm³/mol. The van der Waals surface area contributed by atoms with Gasteiger partial charge >= 0.3 is 0 Å². The minimum Gasteiger partial charge on any atom is -0.491 e. The standard InChI is InChI=1S/C19H20ClF2IO5/c20-9-15(24)10-26-17-5-1-13(2-6-17)19(21,22)14-3-7-18(8-4-14)27-11-16(25)12-28-23/h1-8,15-16,24-25H,9-12H2/t15-,16-/m1/s1. The number of alkyl halides is 3. The van der Waals surface area contributed by atoms with Crippen LogP contribution < -0.4 is 9.47 Å². The quantitative estimate of drug-likeness (QED) is 0.342. The van der Waals surface area contributed by atoms with Crippen LogP contribution in [-0.4, -0.2) is 48.1 Å². The highest BCUT2D eigenvalue weighted by Crippen LogP contribution is 2.37. The summed E-state index contributed by atoms with van der Waals surface area (Å²) in [7, 11) is 0. The van der Waals surface area contributed by atoms with Crippen molar-refractivity contribution in [2.24, 2.45) is 0 Å². The molecule has 28 heavy (non-hydrogen) atoms. The molecule has 2 N–H and O–H groups in total. The molecule has 2 atom stereocenters. The number of hydrogen-bond acceptors (Lipinski definition) is 5. The molecule has 2 aromatic rings. The van der Waals surface area contributed by atoms with Crippen LogP contribution in [0.15, 0.2) is 48.5 Å². The highest BCUT2D eigenvalue weighted by molar-refractivity contribution is 14.1. The van der Waals surface area contributed by atoms with Crippen molar-refractivity contribution in [3.63, 3.8) is 0 Å². The zero-order valence-electron chi connectivity index (χ0n) is 14.7. The molecule has 0 saturated carbocycles. The Morgan fingerprint density at radius 3 is 1.64 bits per heavy atom. The molecule has 0 aliphatic heterocycles. The second-order valence-electron chi connectivity index (χ2n) is 5.98. The third kappa shape index (κ3) is 6.70. The lowest BCUT2D eigenvalue weighted by atomic mass is 10.0. The van der Waals surface area contributed by atoms with Gasteiger partial charge in [-0.2, -0.15) is 8.78 Å². The maximum absolute atomic E-state index is 14.7. The van der Waals surface area contributed by atoms with E-state index in [-0.39, 0.29) is 36.8 Å². The van der Waals surface area contributed by atoms with Crippen LogP contribution in [0.3, 0.4) is 0 Å². The molecule has 0 saturated heterocycles. The van der Waals surface area contributed by atoms with Gasteiger partial charge in [0.2, 0.25) is 0 Å². The lowest BCUT2D eigenvalue weighted by molar-refractivity contribution is 0.0425. The van der Waals surface area contributed by atoms with Crippen molar-refractivity contribution < 1.29 is 31.5 Å². The van der Waals surface area contributed by atoms with Crippen molar-refractivity contribution in [1.82, 2.24) is 0 Å². The van der Waals surface area contributed by atoms with Gasteiger partial charge in [0.1, 0.15) is 59.9 Å². The number of halogens is 4. The molecule has 0 amide bonds. The van der Waals surface area contributed by atoms with Gasteiger partial charge in [0.25, 0.3) is 5.92 Å². The van der Waals surface area contributed by atoms with E-state index >= 15 is 0 Å². The van der Waals surface area contributed by atoms with E-state index in [2.05, 4.69) is 0 Å². The average molecular weight is 529 g/mol. The normalized spacial score (nSPS) is 13.8. The van der Waals surface area contributed by atoms with Crippen molar-refractivity contribution in [2.75, 3.05) is 25.7 Å². The van der Waals surface area contributed by atoms with Gasteiger partial charge in [-0.15, -0.1) is 11.6 Å². The SMILES string of the molecule is O[C@H](CCl)COc1ccc(C(F)(F)c2ccc(OC[C@@H](O)COI)cc2)cc1. The molecule has 0 fully saturated rings. The fraction of sp³-hybridized carbons (Fsp3) is 0.368. The molecule has 2 rings (SSSR count). The van der Waals surface area contributed by atoms with Crippen LogP contribution in [0.4, 0.5) is 8.78 Å². The van der Waals surface area contributed by atoms with Gasteiger partial charge in [-0.05, 0) is 48.5 Å². The second-order valence-corrected chi connectivity index (χ2v) is 6.91. The van der Waals surface area contributed by atoms with Gasteiger partial charge in [0.05, 0.1) is 12.5 Å². The second kappa shape index (κ2) is 11.1. The Balaban J connectivity index is 2.01. The first-order valence-electron chi connectivity index (χ1n) is 8.37. The molecule has 0 spiro atoms. The summed E-state index contributed by atoms with van der Waals surface area (Å²) in [6.45, 7) is 0.0965. The molecule has 0 bridgehead atoms. The fourth-order valence-corrected chi connectivity index (χ4v) is 2.74. The van der Waals surface area contributed by atoms with E-state index in [9.17, 15) is 19.0 Å². The highest BCUT2D eigenvalue weighted by atomic mass is 127. The summed E-state index contributed by atoms with van der Waals surface area (Å²) in [6, 6.07) is 10.8. The Labute approximate surface area is 180 Å². The van der Waals surface area contributed by atoms with Crippen LogP contribution in [-0.2, 0) is 8.99 Å². The number of aliphatic hydroxyl groups excluding tert-OH is 2. The summed E-state index contributed by atoms with van der Waals surface area (Å²) in [5.74, 6) is -2.45. The Morgan fingerprint density at radius 1 is 0.821 bits per heavy atom. The lowest BCUT2D eigenvalue weighted by Crippen LogP contribution is -2.21. The van der Waals surface area contributed by atoms with Crippen molar-refractivity contribution in [3.8, 4) is 11.5 Å². The summed E-state index contributed by atoms with van der Waals surface area (Å²) in [5.41, 5.74) is -0.386. The first-order chi connectivity index (χ1) is 13.4. The zero-order valence-corrected chi connectivity index (χ0v) is 17.6. The number of ether oxygens (including phenoxy) is 2. The summed E-state index contributed by atoms with van der Waals surface area (Å²) >= 11 is 7.14. The van der Waals surface area contributed by atoms with Crippen molar-refractivity contribution >= 4 is 34.6 Å². The van der Waals surface area contributed by atoms with E-state index in [1.54, 1.807) is 23.0 Å². The van der Waals surface area contributed by atoms with Crippen LogP contribution in [0, 0.1) is 0 Å². The first-order valence-corrected chi connectivity index (χ1v) is 9.78. The van der Waals surface area contributed by atoms with Crippen LogP contribution in [0.1, 0.15) is 11.1 Å². The van der Waals surface area contributed by atoms with Crippen molar-refractivity contribution in [2.45, 2.75) is 18.1 Å². The number of aliphatic hydroxyl groups is 2. The van der Waals surface area contributed by atoms with Gasteiger partial charge in [0.15, 0.2) is 0 Å². The first kappa shape index (κ1) is 23.1. The Kier molecular flexibility index (Phi) is 9.16. The molecule has 9 heteroatoms. The Hall–Kier alpha value is -1.20. The van der Waals surface area contributed by atoms with E-state index in [4.69, 9.17) is 24.1 Å². The molecular formula is C19H20ClF2IO5. The lowest BCUT2D eigenvalue weighted by Gasteiger charge is -2.18. The molecule has 0 heterocycles. The monoisotopic (exact) mass is 528 g/mol. The molecule has 0 radical (unpaired) electrons. The topological polar surface area (TPSA) is 68.2 Å². The van der Waals surface area contributed by atoms with E-state index in [1.165, 1.54) is 48.5 Å². The largest absolute Gasteiger partial charge is 0.491 e. The summed E-state index contributed by atoms with van der Waals surface area (Å²) in [5, 5.41) is 18.9. The summed E-state index contributed by atoms with van der Waals surface area (Å²) in [6.07, 6.45) is -1.62. The molecule has 2 aromatic carbocycles. The number of rotatable bonds is 11. The number of hydrogen-bond donors (Lipinski definition) is 2. The minimum atomic E-state index is -3.21. The van der Waals surface area contributed by atoms with Crippen molar-refractivity contribution in [1.29, 1.82) is 0 Å².